The fourth-order valence-corrected chi connectivity index (χ4v) is 4.36. The summed E-state index contributed by atoms with van der Waals surface area (Å²) in [6.07, 6.45) is 7.11. The molecule has 1 aliphatic heterocycles. The summed E-state index contributed by atoms with van der Waals surface area (Å²) in [5.74, 6) is 1.03. The van der Waals surface area contributed by atoms with Crippen LogP contribution in [0.2, 0.25) is 0 Å². The Balaban J connectivity index is 1.41. The molecular formula is C24H28Cl2N6O3. The molecule has 0 radical (unpaired) electrons. The van der Waals surface area contributed by atoms with Crippen LogP contribution in [0.3, 0.4) is 0 Å². The van der Waals surface area contributed by atoms with E-state index < -0.39 is 5.38 Å². The highest BCUT2D eigenvalue weighted by atomic mass is 35.5. The molecule has 2 aliphatic rings. The fraction of sp³-hybridized carbons (Fsp3) is 0.417. The molecule has 1 aromatic carbocycles. The number of alkyl halides is 2. The summed E-state index contributed by atoms with van der Waals surface area (Å²) in [6, 6.07) is 5.88. The number of allylic oxidation sites excluding steroid dienone is 3. The predicted octanol–water partition coefficient (Wildman–Crippen LogP) is 2.80. The maximum Gasteiger partial charge on any atom is 0.243 e. The van der Waals surface area contributed by atoms with Gasteiger partial charge < -0.3 is 19.9 Å². The molecule has 1 aliphatic carbocycles. The van der Waals surface area contributed by atoms with E-state index in [-0.39, 0.29) is 23.7 Å². The number of hydrogen-bond acceptors (Lipinski definition) is 6. The maximum atomic E-state index is 12.7. The SMILES string of the molecule is CCOc1cc(N2CCC(=O)N(CC(=O)NC3=CC(Cl)C(Cl)C=C3)CC2)ccc1-n1cnc(C)n1. The molecule has 1 N–H and O–H groups in total. The van der Waals surface area contributed by atoms with Gasteiger partial charge in [-0.15, -0.1) is 23.2 Å². The predicted molar refractivity (Wildman–Crippen MR) is 135 cm³/mol. The normalized spacial score (nSPS) is 20.5. The first-order valence-corrected chi connectivity index (χ1v) is 12.4. The van der Waals surface area contributed by atoms with Gasteiger partial charge in [0.25, 0.3) is 0 Å². The number of hydrogen-bond donors (Lipinski definition) is 1. The molecule has 0 saturated carbocycles. The Morgan fingerprint density at radius 2 is 2.06 bits per heavy atom. The summed E-state index contributed by atoms with van der Waals surface area (Å²) in [6.45, 7) is 5.80. The molecular weight excluding hydrogens is 491 g/mol. The van der Waals surface area contributed by atoms with Gasteiger partial charge in [0.2, 0.25) is 11.8 Å². The van der Waals surface area contributed by atoms with Gasteiger partial charge in [0.15, 0.2) is 0 Å². The van der Waals surface area contributed by atoms with Crippen LogP contribution in [0.1, 0.15) is 19.2 Å². The van der Waals surface area contributed by atoms with Crippen molar-refractivity contribution in [2.45, 2.75) is 31.0 Å². The van der Waals surface area contributed by atoms with E-state index in [1.165, 1.54) is 0 Å². The minimum absolute atomic E-state index is 0.0239. The molecule has 2 unspecified atom stereocenters. The van der Waals surface area contributed by atoms with Crippen molar-refractivity contribution in [3.63, 3.8) is 0 Å². The van der Waals surface area contributed by atoms with Crippen molar-refractivity contribution in [2.75, 3.05) is 37.7 Å². The van der Waals surface area contributed by atoms with Crippen LogP contribution in [0.15, 0.2) is 48.5 Å². The Bertz CT molecular complexity index is 1150. The third-order valence-electron chi connectivity index (χ3n) is 5.77. The van der Waals surface area contributed by atoms with Crippen molar-refractivity contribution in [2.24, 2.45) is 0 Å². The number of nitrogens with zero attached hydrogens (tertiary/aromatic N) is 5. The molecule has 4 rings (SSSR count). The van der Waals surface area contributed by atoms with Crippen LogP contribution in [-0.2, 0) is 9.59 Å². The Hall–Kier alpha value is -3.04. The first-order valence-electron chi connectivity index (χ1n) is 11.5. The Labute approximate surface area is 214 Å². The lowest BCUT2D eigenvalue weighted by molar-refractivity contribution is -0.135. The summed E-state index contributed by atoms with van der Waals surface area (Å²) in [5.41, 5.74) is 2.32. The number of rotatable bonds is 7. The molecule has 11 heteroatoms. The highest BCUT2D eigenvalue weighted by molar-refractivity contribution is 6.31. The van der Waals surface area contributed by atoms with Crippen LogP contribution in [0.4, 0.5) is 5.69 Å². The number of nitrogens with one attached hydrogen (secondary N) is 1. The van der Waals surface area contributed by atoms with E-state index in [4.69, 9.17) is 27.9 Å². The van der Waals surface area contributed by atoms with E-state index in [0.29, 0.717) is 49.9 Å². The lowest BCUT2D eigenvalue weighted by Crippen LogP contribution is -2.41. The first-order chi connectivity index (χ1) is 16.8. The minimum atomic E-state index is -0.396. The van der Waals surface area contributed by atoms with Crippen molar-refractivity contribution in [3.05, 3.63) is 54.3 Å². The molecule has 186 valence electrons. The van der Waals surface area contributed by atoms with Gasteiger partial charge in [-0.25, -0.2) is 9.67 Å². The lowest BCUT2D eigenvalue weighted by atomic mass is 10.1. The average Bonchev–Trinajstić information content (AvgIpc) is 3.18. The van der Waals surface area contributed by atoms with Crippen LogP contribution < -0.4 is 15.0 Å². The second kappa shape index (κ2) is 11.1. The zero-order valence-corrected chi connectivity index (χ0v) is 21.2. The van der Waals surface area contributed by atoms with Crippen LogP contribution in [0.25, 0.3) is 5.69 Å². The lowest BCUT2D eigenvalue weighted by Gasteiger charge is -2.24. The van der Waals surface area contributed by atoms with E-state index in [1.807, 2.05) is 32.0 Å². The van der Waals surface area contributed by atoms with Crippen LogP contribution in [0.5, 0.6) is 5.75 Å². The van der Waals surface area contributed by atoms with Gasteiger partial charge in [-0.1, -0.05) is 6.08 Å². The van der Waals surface area contributed by atoms with E-state index >= 15 is 0 Å². The quantitative estimate of drug-likeness (QED) is 0.566. The molecule has 0 bridgehead atoms. The second-order valence-electron chi connectivity index (χ2n) is 8.29. The number of carbonyl (C=O) groups excluding carboxylic acids is 2. The Morgan fingerprint density at radius 3 is 2.77 bits per heavy atom. The minimum Gasteiger partial charge on any atom is -0.492 e. The van der Waals surface area contributed by atoms with Gasteiger partial charge >= 0.3 is 0 Å². The van der Waals surface area contributed by atoms with Crippen LogP contribution in [-0.4, -0.2) is 75.0 Å². The summed E-state index contributed by atoms with van der Waals surface area (Å²) in [7, 11) is 0. The number of aromatic nitrogens is 3. The van der Waals surface area contributed by atoms with E-state index in [0.717, 1.165) is 11.4 Å². The van der Waals surface area contributed by atoms with Crippen molar-refractivity contribution in [3.8, 4) is 11.4 Å². The van der Waals surface area contributed by atoms with Crippen molar-refractivity contribution < 1.29 is 14.3 Å². The molecule has 2 heterocycles. The zero-order valence-electron chi connectivity index (χ0n) is 19.7. The smallest absolute Gasteiger partial charge is 0.243 e. The Kier molecular flexibility index (Phi) is 7.97. The Morgan fingerprint density at radius 1 is 1.23 bits per heavy atom. The van der Waals surface area contributed by atoms with Crippen LogP contribution in [0, 0.1) is 6.92 Å². The number of aryl methyl sites for hydroxylation is 1. The van der Waals surface area contributed by atoms with Crippen molar-refractivity contribution in [1.82, 2.24) is 25.0 Å². The fourth-order valence-electron chi connectivity index (χ4n) is 3.99. The molecule has 2 atom stereocenters. The third-order valence-corrected chi connectivity index (χ3v) is 6.71. The maximum absolute atomic E-state index is 12.7. The number of ether oxygens (including phenoxy) is 1. The standard InChI is InChI=1S/C24H28Cl2N6O3/c1-3-35-22-13-18(5-7-21(22)32-15-27-16(2)29-32)30-9-8-24(34)31(11-10-30)14-23(33)28-17-4-6-19(25)20(26)12-17/h4-7,12-13,15,19-20H,3,8-11,14H2,1-2H3,(H,28,33). The van der Waals surface area contributed by atoms with E-state index in [1.54, 1.807) is 34.1 Å². The molecule has 1 aromatic heterocycles. The highest BCUT2D eigenvalue weighted by Gasteiger charge is 2.24. The average molecular weight is 519 g/mol. The number of benzene rings is 1. The van der Waals surface area contributed by atoms with Gasteiger partial charge in [-0.2, -0.15) is 5.10 Å². The number of halogens is 2. The summed E-state index contributed by atoms with van der Waals surface area (Å²) < 4.78 is 7.56. The first kappa shape index (κ1) is 25.1. The molecule has 1 saturated heterocycles. The number of anilines is 1. The van der Waals surface area contributed by atoms with Gasteiger partial charge in [0.1, 0.15) is 23.6 Å². The molecule has 35 heavy (non-hydrogen) atoms. The van der Waals surface area contributed by atoms with Crippen molar-refractivity contribution >= 4 is 40.7 Å². The zero-order chi connectivity index (χ0) is 24.9. The van der Waals surface area contributed by atoms with Crippen LogP contribution >= 0.6 is 23.2 Å². The van der Waals surface area contributed by atoms with E-state index in [9.17, 15) is 9.59 Å². The molecule has 2 aromatic rings. The van der Waals surface area contributed by atoms with Gasteiger partial charge in [0.05, 0.1) is 23.9 Å². The number of carbonyl (C=O) groups is 2. The summed E-state index contributed by atoms with van der Waals surface area (Å²) in [4.78, 5) is 33.2. The van der Waals surface area contributed by atoms with E-state index in [2.05, 4.69) is 20.3 Å². The largest absolute Gasteiger partial charge is 0.492 e. The monoisotopic (exact) mass is 518 g/mol. The second-order valence-corrected chi connectivity index (χ2v) is 9.30. The number of amides is 2. The topological polar surface area (TPSA) is 92.6 Å². The van der Waals surface area contributed by atoms with Gasteiger partial charge in [-0.05, 0) is 38.1 Å². The van der Waals surface area contributed by atoms with Crippen molar-refractivity contribution in [1.29, 1.82) is 0 Å². The molecule has 0 spiro atoms. The summed E-state index contributed by atoms with van der Waals surface area (Å²) >= 11 is 12.2. The van der Waals surface area contributed by atoms with Gasteiger partial charge in [-0.3, -0.25) is 9.59 Å². The third kappa shape index (κ3) is 6.15. The summed E-state index contributed by atoms with van der Waals surface area (Å²) in [5, 5.41) is 6.47. The molecule has 2 amide bonds. The molecule has 1 fully saturated rings. The molecule has 9 nitrogen and oxygen atoms in total. The highest BCUT2D eigenvalue weighted by Crippen LogP contribution is 2.29. The van der Waals surface area contributed by atoms with Gasteiger partial charge in [0, 0.05) is 43.5 Å².